The van der Waals surface area contributed by atoms with Gasteiger partial charge >= 0.3 is 5.97 Å². The second-order valence-corrected chi connectivity index (χ2v) is 3.88. The number of pyridine rings is 1. The number of ether oxygens (including phenoxy) is 1. The highest BCUT2D eigenvalue weighted by Crippen LogP contribution is 2.22. The van der Waals surface area contributed by atoms with Crippen LogP contribution in [0.2, 0.25) is 0 Å². The van der Waals surface area contributed by atoms with Crippen molar-refractivity contribution >= 4 is 17.6 Å². The number of benzene rings is 1. The molecule has 4 nitrogen and oxygen atoms in total. The number of methoxy groups -OCH3 is 1. The van der Waals surface area contributed by atoms with Crippen molar-refractivity contribution in [1.82, 2.24) is 4.98 Å². The Morgan fingerprint density at radius 3 is 2.79 bits per heavy atom. The van der Waals surface area contributed by atoms with Gasteiger partial charge in [-0.25, -0.2) is 4.79 Å². The maximum atomic E-state index is 11.4. The quantitative estimate of drug-likeness (QED) is 0.853. The van der Waals surface area contributed by atoms with E-state index in [4.69, 9.17) is 4.74 Å². The molecule has 0 saturated carbocycles. The van der Waals surface area contributed by atoms with Gasteiger partial charge < -0.3 is 9.84 Å². The molecule has 0 saturated heterocycles. The van der Waals surface area contributed by atoms with Crippen LogP contribution in [0, 0.1) is 0 Å². The normalized spacial score (nSPS) is 11.1. The molecule has 0 bridgehead atoms. The molecule has 0 amide bonds. The molecule has 1 aromatic heterocycles. The van der Waals surface area contributed by atoms with E-state index < -0.39 is 5.97 Å². The summed E-state index contributed by atoms with van der Waals surface area (Å²) in [6.07, 6.45) is 4.84. The number of aromatic nitrogens is 1. The first-order valence-corrected chi connectivity index (χ1v) is 5.70. The third kappa shape index (κ3) is 3.19. The van der Waals surface area contributed by atoms with Gasteiger partial charge in [0.05, 0.1) is 12.7 Å². The minimum absolute atomic E-state index is 0.201. The molecule has 0 aliphatic carbocycles. The molecule has 4 heteroatoms. The van der Waals surface area contributed by atoms with Crippen molar-refractivity contribution in [3.05, 3.63) is 59.9 Å². The van der Waals surface area contributed by atoms with Crippen LogP contribution in [0.1, 0.15) is 11.1 Å². The van der Waals surface area contributed by atoms with Gasteiger partial charge in [0.25, 0.3) is 0 Å². The fraction of sp³-hybridized carbons (Fsp3) is 0.0667. The summed E-state index contributed by atoms with van der Waals surface area (Å²) in [6, 6.07) is 10.5. The summed E-state index contributed by atoms with van der Waals surface area (Å²) >= 11 is 0. The van der Waals surface area contributed by atoms with Crippen molar-refractivity contribution < 1.29 is 14.6 Å². The molecule has 96 valence electrons. The average Bonchev–Trinajstić information content (AvgIpc) is 2.45. The molecular formula is C15H13NO3. The minimum Gasteiger partial charge on any atom is -0.497 e. The molecule has 2 rings (SSSR count). The zero-order valence-corrected chi connectivity index (χ0v) is 10.4. The fourth-order valence-corrected chi connectivity index (χ4v) is 1.69. The number of carboxylic acids is 1. The monoisotopic (exact) mass is 255 g/mol. The highest BCUT2D eigenvalue weighted by molar-refractivity contribution is 6.20. The molecular weight excluding hydrogens is 242 g/mol. The first kappa shape index (κ1) is 12.8. The van der Waals surface area contributed by atoms with Gasteiger partial charge in [-0.3, -0.25) is 4.98 Å². The second-order valence-electron chi connectivity index (χ2n) is 3.88. The standard InChI is InChI=1S/C15H13NO3/c1-19-13-6-2-5-12(9-13)14(15(17)18)8-11-4-3-7-16-10-11/h2-10H,1H3,(H,17,18)/b14-8+. The van der Waals surface area contributed by atoms with Crippen LogP contribution in [0.4, 0.5) is 0 Å². The molecule has 0 spiro atoms. The van der Waals surface area contributed by atoms with E-state index in [0.717, 1.165) is 5.56 Å². The lowest BCUT2D eigenvalue weighted by atomic mass is 10.0. The number of nitrogens with zero attached hydrogens (tertiary/aromatic N) is 1. The van der Waals surface area contributed by atoms with Gasteiger partial charge in [-0.2, -0.15) is 0 Å². The van der Waals surface area contributed by atoms with Crippen LogP contribution in [0.5, 0.6) is 5.75 Å². The maximum absolute atomic E-state index is 11.4. The van der Waals surface area contributed by atoms with Crippen molar-refractivity contribution in [2.45, 2.75) is 0 Å². The smallest absolute Gasteiger partial charge is 0.336 e. The molecule has 1 N–H and O–H groups in total. The summed E-state index contributed by atoms with van der Waals surface area (Å²) in [5.41, 5.74) is 1.53. The third-order valence-electron chi connectivity index (χ3n) is 2.61. The van der Waals surface area contributed by atoms with Crippen molar-refractivity contribution in [3.8, 4) is 5.75 Å². The zero-order valence-electron chi connectivity index (χ0n) is 10.4. The molecule has 0 fully saturated rings. The Balaban J connectivity index is 2.46. The summed E-state index contributed by atoms with van der Waals surface area (Å²) in [5.74, 6) is -0.368. The summed E-state index contributed by atoms with van der Waals surface area (Å²) in [7, 11) is 1.55. The lowest BCUT2D eigenvalue weighted by molar-refractivity contribution is -0.130. The Labute approximate surface area is 111 Å². The maximum Gasteiger partial charge on any atom is 0.336 e. The lowest BCUT2D eigenvalue weighted by Crippen LogP contribution is -2.00. The van der Waals surface area contributed by atoms with Crippen LogP contribution in [0.25, 0.3) is 11.6 Å². The highest BCUT2D eigenvalue weighted by atomic mass is 16.5. The Morgan fingerprint density at radius 2 is 2.16 bits per heavy atom. The van der Waals surface area contributed by atoms with Crippen LogP contribution in [0.15, 0.2) is 48.8 Å². The van der Waals surface area contributed by atoms with E-state index >= 15 is 0 Å². The molecule has 0 radical (unpaired) electrons. The van der Waals surface area contributed by atoms with E-state index in [9.17, 15) is 9.90 Å². The van der Waals surface area contributed by atoms with Gasteiger partial charge in [0.15, 0.2) is 0 Å². The fourth-order valence-electron chi connectivity index (χ4n) is 1.69. The molecule has 0 atom stereocenters. The number of carbonyl (C=O) groups is 1. The van der Waals surface area contributed by atoms with E-state index in [-0.39, 0.29) is 5.57 Å². The largest absolute Gasteiger partial charge is 0.497 e. The summed E-state index contributed by atoms with van der Waals surface area (Å²) < 4.78 is 5.10. The topological polar surface area (TPSA) is 59.4 Å². The van der Waals surface area contributed by atoms with Gasteiger partial charge in [-0.05, 0) is 35.4 Å². The first-order valence-electron chi connectivity index (χ1n) is 5.70. The van der Waals surface area contributed by atoms with E-state index in [0.29, 0.717) is 11.3 Å². The second kappa shape index (κ2) is 5.82. The molecule has 2 aromatic rings. The lowest BCUT2D eigenvalue weighted by Gasteiger charge is -2.05. The van der Waals surface area contributed by atoms with E-state index in [1.54, 1.807) is 62.0 Å². The Morgan fingerprint density at radius 1 is 1.32 bits per heavy atom. The van der Waals surface area contributed by atoms with Crippen LogP contribution in [0.3, 0.4) is 0 Å². The summed E-state index contributed by atoms with van der Waals surface area (Å²) in [6.45, 7) is 0. The zero-order chi connectivity index (χ0) is 13.7. The third-order valence-corrected chi connectivity index (χ3v) is 2.61. The van der Waals surface area contributed by atoms with Gasteiger partial charge in [0.2, 0.25) is 0 Å². The molecule has 0 aliphatic heterocycles. The molecule has 1 aromatic carbocycles. The van der Waals surface area contributed by atoms with Crippen molar-refractivity contribution in [2.75, 3.05) is 7.11 Å². The van der Waals surface area contributed by atoms with Crippen LogP contribution < -0.4 is 4.74 Å². The highest BCUT2D eigenvalue weighted by Gasteiger charge is 2.11. The minimum atomic E-state index is -0.989. The predicted octanol–water partition coefficient (Wildman–Crippen LogP) is 2.72. The van der Waals surface area contributed by atoms with Crippen molar-refractivity contribution in [3.63, 3.8) is 0 Å². The number of carboxylic acid groups (broad SMARTS) is 1. The Bertz CT molecular complexity index is 606. The van der Waals surface area contributed by atoms with Crippen LogP contribution in [-0.2, 0) is 4.79 Å². The van der Waals surface area contributed by atoms with Crippen molar-refractivity contribution in [2.24, 2.45) is 0 Å². The predicted molar refractivity (Wildman–Crippen MR) is 72.7 cm³/mol. The Hall–Kier alpha value is -2.62. The van der Waals surface area contributed by atoms with E-state index in [2.05, 4.69) is 4.98 Å². The van der Waals surface area contributed by atoms with Crippen LogP contribution in [-0.4, -0.2) is 23.2 Å². The molecule has 0 aliphatic rings. The van der Waals surface area contributed by atoms with Gasteiger partial charge in [-0.1, -0.05) is 18.2 Å². The van der Waals surface area contributed by atoms with Crippen LogP contribution >= 0.6 is 0 Å². The van der Waals surface area contributed by atoms with Gasteiger partial charge in [0, 0.05) is 12.4 Å². The molecule has 1 heterocycles. The summed E-state index contributed by atoms with van der Waals surface area (Å²) in [5, 5.41) is 9.32. The van der Waals surface area contributed by atoms with Gasteiger partial charge in [-0.15, -0.1) is 0 Å². The van der Waals surface area contributed by atoms with Gasteiger partial charge in [0.1, 0.15) is 5.75 Å². The summed E-state index contributed by atoms with van der Waals surface area (Å²) in [4.78, 5) is 15.3. The first-order chi connectivity index (χ1) is 9.20. The number of aliphatic carboxylic acids is 1. The van der Waals surface area contributed by atoms with Crippen molar-refractivity contribution in [1.29, 1.82) is 0 Å². The number of hydrogen-bond acceptors (Lipinski definition) is 3. The Kier molecular flexibility index (Phi) is 3.93. The average molecular weight is 255 g/mol. The SMILES string of the molecule is COc1cccc(/C(=C\c2cccnc2)C(=O)O)c1. The molecule has 0 unspecified atom stereocenters. The number of rotatable bonds is 4. The molecule has 19 heavy (non-hydrogen) atoms. The van der Waals surface area contributed by atoms with E-state index in [1.165, 1.54) is 0 Å². The number of hydrogen-bond donors (Lipinski definition) is 1. The van der Waals surface area contributed by atoms with E-state index in [1.807, 2.05) is 0 Å².